The van der Waals surface area contributed by atoms with Crippen LogP contribution in [0.3, 0.4) is 0 Å². The van der Waals surface area contributed by atoms with E-state index < -0.39 is 0 Å². The van der Waals surface area contributed by atoms with Crippen LogP contribution in [0.4, 0.5) is 5.69 Å². The van der Waals surface area contributed by atoms with Crippen LogP contribution in [-0.4, -0.2) is 49.4 Å². The minimum atomic E-state index is -0.130. The van der Waals surface area contributed by atoms with E-state index in [-0.39, 0.29) is 12.0 Å². The quantitative estimate of drug-likeness (QED) is 0.494. The summed E-state index contributed by atoms with van der Waals surface area (Å²) in [6.45, 7) is 4.66. The summed E-state index contributed by atoms with van der Waals surface area (Å²) in [6.07, 6.45) is 1.74. The topological polar surface area (TPSA) is 60.4 Å². The monoisotopic (exact) mass is 460 g/mol. The number of benzene rings is 2. The van der Waals surface area contributed by atoms with Gasteiger partial charge in [-0.1, -0.05) is 29.8 Å². The molecule has 164 valence electrons. The van der Waals surface area contributed by atoms with Crippen LogP contribution in [0.15, 0.2) is 52.4 Å². The molecule has 1 aliphatic heterocycles. The van der Waals surface area contributed by atoms with Crippen molar-refractivity contribution in [3.63, 3.8) is 0 Å². The van der Waals surface area contributed by atoms with Gasteiger partial charge in [-0.25, -0.2) is 4.99 Å². The molecule has 0 unspecified atom stereocenters. The molecule has 6 nitrogen and oxygen atoms in total. The molecule has 0 atom stereocenters. The van der Waals surface area contributed by atoms with Crippen molar-refractivity contribution in [2.24, 2.45) is 4.99 Å². The van der Waals surface area contributed by atoms with Gasteiger partial charge in [0.25, 0.3) is 5.91 Å². The van der Waals surface area contributed by atoms with Gasteiger partial charge in [0.15, 0.2) is 16.7 Å². The van der Waals surface area contributed by atoms with Gasteiger partial charge in [-0.3, -0.25) is 9.69 Å². The molecular formula is C23H25ClN2O4S. The third kappa shape index (κ3) is 5.81. The normalized spacial score (nSPS) is 16.6. The summed E-state index contributed by atoms with van der Waals surface area (Å²) in [4.78, 5) is 19.9. The lowest BCUT2D eigenvalue weighted by Gasteiger charge is -2.16. The van der Waals surface area contributed by atoms with E-state index >= 15 is 0 Å². The second-order valence-electron chi connectivity index (χ2n) is 6.99. The summed E-state index contributed by atoms with van der Waals surface area (Å²) in [5.74, 6) is 0.868. The number of carbonyl (C=O) groups is 1. The summed E-state index contributed by atoms with van der Waals surface area (Å²) >= 11 is 7.75. The highest BCUT2D eigenvalue weighted by atomic mass is 35.5. The molecule has 0 N–H and O–H groups in total. The van der Waals surface area contributed by atoms with Crippen LogP contribution >= 0.6 is 23.4 Å². The fourth-order valence-electron chi connectivity index (χ4n) is 2.91. The minimum Gasteiger partial charge on any atom is -0.493 e. The van der Waals surface area contributed by atoms with Gasteiger partial charge >= 0.3 is 0 Å². The highest BCUT2D eigenvalue weighted by Gasteiger charge is 2.33. The molecule has 31 heavy (non-hydrogen) atoms. The Kier molecular flexibility index (Phi) is 8.01. The predicted molar refractivity (Wildman–Crippen MR) is 126 cm³/mol. The zero-order valence-electron chi connectivity index (χ0n) is 17.9. The smallest absolute Gasteiger partial charge is 0.266 e. The van der Waals surface area contributed by atoms with Crippen LogP contribution in [0.2, 0.25) is 5.02 Å². The molecule has 0 aliphatic carbocycles. The number of carbonyl (C=O) groups excluding carboxylic acids is 1. The SMILES string of the molecule is COCCN1C(=O)/C(=C/c2cc(Cl)c(OC(C)C)c(OC)c2)SC1=Nc1ccccc1. The van der Waals surface area contributed by atoms with Crippen molar-refractivity contribution in [2.75, 3.05) is 27.4 Å². The molecule has 1 amide bonds. The van der Waals surface area contributed by atoms with Gasteiger partial charge in [0.05, 0.1) is 42.0 Å². The second kappa shape index (κ2) is 10.7. The van der Waals surface area contributed by atoms with Crippen LogP contribution in [0.5, 0.6) is 11.5 Å². The first-order valence-corrected chi connectivity index (χ1v) is 11.0. The Balaban J connectivity index is 1.95. The number of amides is 1. The number of halogens is 1. The Bertz CT molecular complexity index is 993. The number of nitrogens with zero attached hydrogens (tertiary/aromatic N) is 2. The Morgan fingerprint density at radius 1 is 1.19 bits per heavy atom. The van der Waals surface area contributed by atoms with Gasteiger partial charge in [0.2, 0.25) is 0 Å². The van der Waals surface area contributed by atoms with Crippen LogP contribution < -0.4 is 9.47 Å². The number of aliphatic imine (C=N–C) groups is 1. The van der Waals surface area contributed by atoms with Crippen molar-refractivity contribution in [3.05, 3.63) is 58.0 Å². The third-order valence-corrected chi connectivity index (χ3v) is 5.58. The number of para-hydroxylation sites is 1. The molecule has 1 fully saturated rings. The molecule has 1 heterocycles. The fourth-order valence-corrected chi connectivity index (χ4v) is 4.20. The first kappa shape index (κ1) is 23.2. The molecule has 0 radical (unpaired) electrons. The summed E-state index contributed by atoms with van der Waals surface area (Å²) in [7, 11) is 3.16. The molecule has 0 aromatic heterocycles. The van der Waals surface area contributed by atoms with Crippen molar-refractivity contribution < 1.29 is 19.0 Å². The molecule has 3 rings (SSSR count). The van der Waals surface area contributed by atoms with E-state index in [2.05, 4.69) is 4.99 Å². The maximum absolute atomic E-state index is 13.1. The van der Waals surface area contributed by atoms with E-state index in [0.29, 0.717) is 39.7 Å². The lowest BCUT2D eigenvalue weighted by Crippen LogP contribution is -2.32. The molecule has 0 bridgehead atoms. The molecule has 1 saturated heterocycles. The first-order chi connectivity index (χ1) is 14.9. The lowest BCUT2D eigenvalue weighted by atomic mass is 10.1. The summed E-state index contributed by atoms with van der Waals surface area (Å²) in [5.41, 5.74) is 1.52. The predicted octanol–water partition coefficient (Wildman–Crippen LogP) is 5.39. The number of ether oxygens (including phenoxy) is 3. The Labute approximate surface area is 191 Å². The van der Waals surface area contributed by atoms with E-state index in [1.807, 2.05) is 44.2 Å². The largest absolute Gasteiger partial charge is 0.493 e. The molecule has 0 saturated carbocycles. The average Bonchev–Trinajstić information content (AvgIpc) is 3.02. The zero-order valence-corrected chi connectivity index (χ0v) is 19.5. The number of hydrogen-bond donors (Lipinski definition) is 0. The molecule has 1 aliphatic rings. The van der Waals surface area contributed by atoms with E-state index in [1.165, 1.54) is 11.8 Å². The van der Waals surface area contributed by atoms with Crippen molar-refractivity contribution in [1.82, 2.24) is 4.90 Å². The van der Waals surface area contributed by atoms with Crippen LogP contribution in [0, 0.1) is 0 Å². The molecular weight excluding hydrogens is 436 g/mol. The van der Waals surface area contributed by atoms with Gasteiger partial charge < -0.3 is 14.2 Å². The molecule has 2 aromatic carbocycles. The second-order valence-corrected chi connectivity index (χ2v) is 8.41. The molecule has 8 heteroatoms. The highest BCUT2D eigenvalue weighted by molar-refractivity contribution is 8.18. The average molecular weight is 461 g/mol. The van der Waals surface area contributed by atoms with Gasteiger partial charge in [-0.2, -0.15) is 0 Å². The van der Waals surface area contributed by atoms with E-state index in [0.717, 1.165) is 11.3 Å². The standard InChI is InChI=1S/C23H25ClN2O4S/c1-15(2)30-21-18(24)12-16(13-19(21)29-4)14-20-22(27)26(10-11-28-3)23(31-20)25-17-8-6-5-7-9-17/h5-9,12-15H,10-11H2,1-4H3/b20-14-,25-23?. The number of thioether (sulfide) groups is 1. The Morgan fingerprint density at radius 3 is 2.58 bits per heavy atom. The van der Waals surface area contributed by atoms with Gasteiger partial charge in [0.1, 0.15) is 0 Å². The van der Waals surface area contributed by atoms with E-state index in [4.69, 9.17) is 25.8 Å². The highest BCUT2D eigenvalue weighted by Crippen LogP contribution is 2.39. The van der Waals surface area contributed by atoms with Crippen molar-refractivity contribution in [2.45, 2.75) is 20.0 Å². The van der Waals surface area contributed by atoms with Crippen molar-refractivity contribution in [3.8, 4) is 11.5 Å². The number of methoxy groups -OCH3 is 2. The minimum absolute atomic E-state index is 0.0475. The summed E-state index contributed by atoms with van der Waals surface area (Å²) < 4.78 is 16.4. The fraction of sp³-hybridized carbons (Fsp3) is 0.304. The Hall–Kier alpha value is -2.48. The number of hydrogen-bond acceptors (Lipinski definition) is 6. The Morgan fingerprint density at radius 2 is 1.94 bits per heavy atom. The van der Waals surface area contributed by atoms with E-state index in [9.17, 15) is 4.79 Å². The van der Waals surface area contributed by atoms with Crippen LogP contribution in [-0.2, 0) is 9.53 Å². The first-order valence-electron chi connectivity index (χ1n) is 9.81. The van der Waals surface area contributed by atoms with Crippen molar-refractivity contribution in [1.29, 1.82) is 0 Å². The number of rotatable bonds is 8. The summed E-state index contributed by atoms with van der Waals surface area (Å²) in [6, 6.07) is 13.1. The van der Waals surface area contributed by atoms with E-state index in [1.54, 1.807) is 37.3 Å². The maximum atomic E-state index is 13.1. The molecule has 0 spiro atoms. The van der Waals surface area contributed by atoms with Gasteiger partial charge in [-0.15, -0.1) is 0 Å². The van der Waals surface area contributed by atoms with Crippen molar-refractivity contribution >= 4 is 46.2 Å². The zero-order chi connectivity index (χ0) is 22.4. The van der Waals surface area contributed by atoms with Gasteiger partial charge in [0, 0.05) is 7.11 Å². The third-order valence-electron chi connectivity index (χ3n) is 4.29. The number of amidine groups is 1. The lowest BCUT2D eigenvalue weighted by molar-refractivity contribution is -0.122. The maximum Gasteiger partial charge on any atom is 0.266 e. The van der Waals surface area contributed by atoms with Crippen LogP contribution in [0.1, 0.15) is 19.4 Å². The summed E-state index contributed by atoms with van der Waals surface area (Å²) in [5, 5.41) is 1.03. The van der Waals surface area contributed by atoms with Crippen LogP contribution in [0.25, 0.3) is 6.08 Å². The van der Waals surface area contributed by atoms with Gasteiger partial charge in [-0.05, 0) is 61.5 Å². The molecule has 2 aromatic rings.